The Labute approximate surface area is 105 Å². The Kier molecular flexibility index (Phi) is 3.82. The van der Waals surface area contributed by atoms with Crippen LogP contribution in [0, 0.1) is 0 Å². The lowest BCUT2D eigenvalue weighted by Crippen LogP contribution is -2.26. The van der Waals surface area contributed by atoms with Crippen molar-refractivity contribution in [3.05, 3.63) is 23.8 Å². The van der Waals surface area contributed by atoms with Crippen LogP contribution in [0.3, 0.4) is 0 Å². The van der Waals surface area contributed by atoms with E-state index >= 15 is 0 Å². The highest BCUT2D eigenvalue weighted by Crippen LogP contribution is 2.29. The second-order valence-corrected chi connectivity index (χ2v) is 4.05. The van der Waals surface area contributed by atoms with E-state index in [0.717, 1.165) is 19.3 Å². The van der Waals surface area contributed by atoms with E-state index in [1.54, 1.807) is 6.07 Å². The predicted octanol–water partition coefficient (Wildman–Crippen LogP) is 2.58. The highest BCUT2D eigenvalue weighted by molar-refractivity contribution is 5.77. The van der Waals surface area contributed by atoms with E-state index in [1.807, 2.05) is 0 Å². The minimum absolute atomic E-state index is 0.0299. The number of carbonyl (C=O) groups excluding carboxylic acids is 2. The summed E-state index contributed by atoms with van der Waals surface area (Å²) in [5, 5.41) is 0. The van der Waals surface area contributed by atoms with Gasteiger partial charge in [-0.25, -0.2) is 4.79 Å². The number of methoxy groups -OCH3 is 1. The second kappa shape index (κ2) is 5.53. The van der Waals surface area contributed by atoms with Gasteiger partial charge in [0.25, 0.3) is 0 Å². The van der Waals surface area contributed by atoms with Crippen LogP contribution in [-0.2, 0) is 4.74 Å². The molecule has 0 N–H and O–H groups in total. The van der Waals surface area contributed by atoms with E-state index in [1.165, 1.54) is 19.2 Å². The molecule has 0 atom stereocenters. The average molecular weight is 250 g/mol. The van der Waals surface area contributed by atoms with Crippen LogP contribution in [0.5, 0.6) is 11.5 Å². The zero-order chi connectivity index (χ0) is 13.0. The number of ether oxygens (including phenoxy) is 3. The Hall–Kier alpha value is -2.04. The molecule has 0 aromatic heterocycles. The van der Waals surface area contributed by atoms with Gasteiger partial charge in [0.05, 0.1) is 7.11 Å². The van der Waals surface area contributed by atoms with Crippen molar-refractivity contribution < 1.29 is 23.8 Å². The summed E-state index contributed by atoms with van der Waals surface area (Å²) in [6, 6.07) is 4.55. The third-order valence-electron chi connectivity index (χ3n) is 2.83. The molecule has 0 heterocycles. The van der Waals surface area contributed by atoms with Gasteiger partial charge < -0.3 is 14.2 Å². The summed E-state index contributed by atoms with van der Waals surface area (Å²) in [5.41, 5.74) is 0.451. The van der Waals surface area contributed by atoms with Crippen LogP contribution in [-0.4, -0.2) is 25.7 Å². The van der Waals surface area contributed by atoms with Crippen LogP contribution in [0.25, 0.3) is 0 Å². The topological polar surface area (TPSA) is 61.8 Å². The largest absolute Gasteiger partial charge is 0.514 e. The first-order valence-electron chi connectivity index (χ1n) is 5.74. The van der Waals surface area contributed by atoms with E-state index in [4.69, 9.17) is 14.2 Å². The molecule has 0 amide bonds. The number of aldehydes is 1. The summed E-state index contributed by atoms with van der Waals surface area (Å²) >= 11 is 0. The molecular weight excluding hydrogens is 236 g/mol. The lowest BCUT2D eigenvalue weighted by Gasteiger charge is -2.24. The maximum absolute atomic E-state index is 11.5. The first-order chi connectivity index (χ1) is 8.72. The van der Waals surface area contributed by atoms with Crippen molar-refractivity contribution in [1.29, 1.82) is 0 Å². The molecule has 96 valence electrons. The fraction of sp³-hybridized carbons (Fsp3) is 0.385. The quantitative estimate of drug-likeness (QED) is 0.467. The maximum Gasteiger partial charge on any atom is 0.514 e. The summed E-state index contributed by atoms with van der Waals surface area (Å²) in [5.74, 6) is 0.567. The van der Waals surface area contributed by atoms with Crippen molar-refractivity contribution >= 4 is 12.4 Å². The highest BCUT2D eigenvalue weighted by atomic mass is 16.7. The summed E-state index contributed by atoms with van der Waals surface area (Å²) in [4.78, 5) is 22.1. The van der Waals surface area contributed by atoms with Crippen molar-refractivity contribution in [2.24, 2.45) is 0 Å². The second-order valence-electron chi connectivity index (χ2n) is 4.05. The Morgan fingerprint density at radius 1 is 1.33 bits per heavy atom. The fourth-order valence-corrected chi connectivity index (χ4v) is 1.58. The monoisotopic (exact) mass is 250 g/mol. The molecule has 5 heteroatoms. The number of benzene rings is 1. The molecule has 0 bridgehead atoms. The van der Waals surface area contributed by atoms with Gasteiger partial charge >= 0.3 is 6.16 Å². The normalized spacial score (nSPS) is 14.5. The van der Waals surface area contributed by atoms with Crippen LogP contribution in [0.2, 0.25) is 0 Å². The molecule has 0 aliphatic heterocycles. The minimum Gasteiger partial charge on any atom is -0.493 e. The number of hydrogen-bond donors (Lipinski definition) is 0. The molecular formula is C13H14O5. The van der Waals surface area contributed by atoms with Gasteiger partial charge in [-0.2, -0.15) is 0 Å². The van der Waals surface area contributed by atoms with Gasteiger partial charge in [0, 0.05) is 5.56 Å². The first-order valence-corrected chi connectivity index (χ1v) is 5.74. The van der Waals surface area contributed by atoms with Crippen molar-refractivity contribution in [1.82, 2.24) is 0 Å². The first kappa shape index (κ1) is 12.4. The van der Waals surface area contributed by atoms with Gasteiger partial charge in [0.15, 0.2) is 11.5 Å². The van der Waals surface area contributed by atoms with Crippen LogP contribution in [0.4, 0.5) is 4.79 Å². The van der Waals surface area contributed by atoms with Gasteiger partial charge in [-0.15, -0.1) is 0 Å². The van der Waals surface area contributed by atoms with E-state index in [9.17, 15) is 9.59 Å². The number of rotatable bonds is 4. The number of hydrogen-bond acceptors (Lipinski definition) is 5. The molecule has 1 saturated carbocycles. The summed E-state index contributed by atoms with van der Waals surface area (Å²) in [7, 11) is 1.44. The van der Waals surface area contributed by atoms with Crippen LogP contribution in [0.15, 0.2) is 18.2 Å². The summed E-state index contributed by atoms with van der Waals surface area (Å²) in [6.07, 6.45) is 2.77. The smallest absolute Gasteiger partial charge is 0.493 e. The Bertz CT molecular complexity index is 451. The lowest BCUT2D eigenvalue weighted by atomic mass is 9.96. The van der Waals surface area contributed by atoms with E-state index in [2.05, 4.69) is 0 Å². The molecule has 5 nitrogen and oxygen atoms in total. The Balaban J connectivity index is 2.02. The molecule has 1 aromatic rings. The summed E-state index contributed by atoms with van der Waals surface area (Å²) < 4.78 is 15.1. The molecule has 1 aliphatic rings. The van der Waals surface area contributed by atoms with E-state index in [-0.39, 0.29) is 11.9 Å². The number of carbonyl (C=O) groups is 2. The van der Waals surface area contributed by atoms with Crippen molar-refractivity contribution in [3.8, 4) is 11.5 Å². The van der Waals surface area contributed by atoms with Crippen LogP contribution >= 0.6 is 0 Å². The van der Waals surface area contributed by atoms with Crippen molar-refractivity contribution in [2.45, 2.75) is 25.4 Å². The zero-order valence-corrected chi connectivity index (χ0v) is 10.0. The third kappa shape index (κ3) is 2.80. The average Bonchev–Trinajstić information content (AvgIpc) is 2.34. The van der Waals surface area contributed by atoms with Gasteiger partial charge in [-0.05, 0) is 37.5 Å². The highest BCUT2D eigenvalue weighted by Gasteiger charge is 2.23. The molecule has 2 rings (SSSR count). The van der Waals surface area contributed by atoms with Gasteiger partial charge in [-0.1, -0.05) is 0 Å². The van der Waals surface area contributed by atoms with Gasteiger partial charge in [-0.3, -0.25) is 4.79 Å². The Morgan fingerprint density at radius 3 is 2.67 bits per heavy atom. The molecule has 0 saturated heterocycles. The molecule has 18 heavy (non-hydrogen) atoms. The third-order valence-corrected chi connectivity index (χ3v) is 2.83. The predicted molar refractivity (Wildman–Crippen MR) is 63.1 cm³/mol. The Morgan fingerprint density at radius 2 is 2.11 bits per heavy atom. The molecule has 0 radical (unpaired) electrons. The zero-order valence-electron chi connectivity index (χ0n) is 10.0. The van der Waals surface area contributed by atoms with E-state index in [0.29, 0.717) is 17.6 Å². The molecule has 1 aliphatic carbocycles. The van der Waals surface area contributed by atoms with Gasteiger partial charge in [0.2, 0.25) is 0 Å². The molecule has 1 aromatic carbocycles. The molecule has 0 unspecified atom stereocenters. The molecule has 1 fully saturated rings. The van der Waals surface area contributed by atoms with E-state index < -0.39 is 6.16 Å². The maximum atomic E-state index is 11.5. The minimum atomic E-state index is -0.739. The van der Waals surface area contributed by atoms with Crippen LogP contribution in [0.1, 0.15) is 29.6 Å². The van der Waals surface area contributed by atoms with Crippen LogP contribution < -0.4 is 9.47 Å². The standard InChI is InChI=1S/C13H14O5/c1-16-12-7-9(8-14)5-6-11(12)18-13(15)17-10-3-2-4-10/h5-8,10H,2-4H2,1H3. The fourth-order valence-electron chi connectivity index (χ4n) is 1.58. The lowest BCUT2D eigenvalue weighted by molar-refractivity contribution is 0.0222. The van der Waals surface area contributed by atoms with Crippen molar-refractivity contribution in [3.63, 3.8) is 0 Å². The summed E-state index contributed by atoms with van der Waals surface area (Å²) in [6.45, 7) is 0. The molecule has 0 spiro atoms. The van der Waals surface area contributed by atoms with Gasteiger partial charge in [0.1, 0.15) is 12.4 Å². The SMILES string of the molecule is COc1cc(C=O)ccc1OC(=O)OC1CCC1. The van der Waals surface area contributed by atoms with Crippen molar-refractivity contribution in [2.75, 3.05) is 7.11 Å².